The molecule has 0 spiro atoms. The van der Waals surface area contributed by atoms with Gasteiger partial charge in [-0.25, -0.2) is 9.67 Å². The number of carbonyl (C=O) groups is 1. The first kappa shape index (κ1) is 17.0. The van der Waals surface area contributed by atoms with Gasteiger partial charge in [0.25, 0.3) is 5.91 Å². The van der Waals surface area contributed by atoms with E-state index in [-0.39, 0.29) is 12.5 Å². The number of rotatable bonds is 6. The number of ether oxygens (including phenoxy) is 1. The largest absolute Gasteiger partial charge is 0.484 e. The van der Waals surface area contributed by atoms with Gasteiger partial charge in [0.1, 0.15) is 5.75 Å². The van der Waals surface area contributed by atoms with E-state index < -0.39 is 0 Å². The third-order valence-electron chi connectivity index (χ3n) is 4.23. The Morgan fingerprint density at radius 2 is 1.89 bits per heavy atom. The van der Waals surface area contributed by atoms with Crippen molar-refractivity contribution >= 4 is 33.7 Å². The Morgan fingerprint density at radius 1 is 1.11 bits per heavy atom. The molecule has 0 bridgehead atoms. The number of para-hydroxylation sites is 2. The molecule has 0 aliphatic heterocycles. The van der Waals surface area contributed by atoms with Crippen molar-refractivity contribution in [3.8, 4) is 5.75 Å². The summed E-state index contributed by atoms with van der Waals surface area (Å²) in [6.07, 6.45) is 0.926. The number of nitrogens with one attached hydrogen (secondary N) is 1. The number of pyridine rings is 1. The molecule has 6 heteroatoms. The number of aromatic nitrogens is 3. The van der Waals surface area contributed by atoms with Crippen molar-refractivity contribution in [1.29, 1.82) is 0 Å². The fraction of sp³-hybridized carbons (Fsp3) is 0.190. The van der Waals surface area contributed by atoms with Gasteiger partial charge in [-0.3, -0.25) is 4.79 Å². The minimum atomic E-state index is -0.255. The van der Waals surface area contributed by atoms with Crippen molar-refractivity contribution in [2.24, 2.45) is 0 Å². The molecular weight excluding hydrogens is 340 g/mol. The Morgan fingerprint density at radius 3 is 2.70 bits per heavy atom. The zero-order valence-corrected chi connectivity index (χ0v) is 15.1. The Labute approximate surface area is 156 Å². The van der Waals surface area contributed by atoms with Crippen molar-refractivity contribution in [3.63, 3.8) is 0 Å². The van der Waals surface area contributed by atoms with E-state index in [0.29, 0.717) is 11.6 Å². The van der Waals surface area contributed by atoms with Crippen LogP contribution >= 0.6 is 0 Å². The fourth-order valence-electron chi connectivity index (χ4n) is 2.99. The molecule has 0 unspecified atom stereocenters. The number of hydrogen-bond acceptors (Lipinski definition) is 4. The van der Waals surface area contributed by atoms with Crippen molar-refractivity contribution in [2.75, 3.05) is 11.9 Å². The first-order valence-electron chi connectivity index (χ1n) is 8.98. The lowest BCUT2D eigenvalue weighted by Crippen LogP contribution is -2.20. The molecule has 0 fully saturated rings. The highest BCUT2D eigenvalue weighted by atomic mass is 16.5. The minimum absolute atomic E-state index is 0.0762. The van der Waals surface area contributed by atoms with Crippen LogP contribution in [-0.4, -0.2) is 27.3 Å². The van der Waals surface area contributed by atoms with Crippen molar-refractivity contribution in [3.05, 3.63) is 60.7 Å². The number of fused-ring (bicyclic) bond motifs is 2. The van der Waals surface area contributed by atoms with Gasteiger partial charge in [-0.1, -0.05) is 43.3 Å². The summed E-state index contributed by atoms with van der Waals surface area (Å²) in [4.78, 5) is 17.1. The number of aryl methyl sites for hydroxylation is 1. The number of carbonyl (C=O) groups excluding carboxylic acids is 1. The first-order valence-corrected chi connectivity index (χ1v) is 8.98. The van der Waals surface area contributed by atoms with Crippen LogP contribution in [0.25, 0.3) is 21.9 Å². The summed E-state index contributed by atoms with van der Waals surface area (Å²) in [5, 5.41) is 9.27. The van der Waals surface area contributed by atoms with Crippen LogP contribution in [0.2, 0.25) is 0 Å². The average Bonchev–Trinajstić information content (AvgIpc) is 3.02. The van der Waals surface area contributed by atoms with Gasteiger partial charge in [0.2, 0.25) is 0 Å². The highest BCUT2D eigenvalue weighted by molar-refractivity contribution is 6.03. The maximum absolute atomic E-state index is 12.4. The average molecular weight is 360 g/mol. The molecule has 4 aromatic rings. The fourth-order valence-corrected chi connectivity index (χ4v) is 2.99. The quantitative estimate of drug-likeness (QED) is 0.564. The van der Waals surface area contributed by atoms with Crippen LogP contribution < -0.4 is 10.1 Å². The van der Waals surface area contributed by atoms with E-state index >= 15 is 0 Å². The molecule has 6 nitrogen and oxygen atoms in total. The zero-order valence-electron chi connectivity index (χ0n) is 15.1. The monoisotopic (exact) mass is 360 g/mol. The molecule has 0 saturated heterocycles. The molecule has 0 aliphatic carbocycles. The highest BCUT2D eigenvalue weighted by Gasteiger charge is 2.15. The molecule has 0 radical (unpaired) electrons. The summed E-state index contributed by atoms with van der Waals surface area (Å²) < 4.78 is 7.36. The van der Waals surface area contributed by atoms with E-state index in [2.05, 4.69) is 17.3 Å². The lowest BCUT2D eigenvalue weighted by molar-refractivity contribution is -0.118. The maximum Gasteiger partial charge on any atom is 0.263 e. The predicted molar refractivity (Wildman–Crippen MR) is 106 cm³/mol. The number of benzene rings is 2. The molecule has 0 aliphatic rings. The van der Waals surface area contributed by atoms with Gasteiger partial charge in [0.05, 0.1) is 10.9 Å². The molecular formula is C21H20N4O2. The van der Waals surface area contributed by atoms with E-state index in [4.69, 9.17) is 9.72 Å². The molecule has 136 valence electrons. The van der Waals surface area contributed by atoms with Crippen LogP contribution in [0.5, 0.6) is 5.75 Å². The SMILES string of the molecule is CCCn1nc(NC(=O)COc2ccccc2)c2cc3ccccc3nc21. The van der Waals surface area contributed by atoms with Crippen LogP contribution in [0.4, 0.5) is 5.82 Å². The highest BCUT2D eigenvalue weighted by Crippen LogP contribution is 2.26. The number of nitrogens with zero attached hydrogens (tertiary/aromatic N) is 3. The molecule has 4 rings (SSSR count). The molecule has 1 N–H and O–H groups in total. The minimum Gasteiger partial charge on any atom is -0.484 e. The van der Waals surface area contributed by atoms with Crippen LogP contribution in [0, 0.1) is 0 Å². The second-order valence-corrected chi connectivity index (χ2v) is 6.27. The lowest BCUT2D eigenvalue weighted by atomic mass is 10.2. The third-order valence-corrected chi connectivity index (χ3v) is 4.23. The van der Waals surface area contributed by atoms with E-state index in [1.54, 1.807) is 0 Å². The van der Waals surface area contributed by atoms with Crippen molar-refractivity contribution < 1.29 is 9.53 Å². The lowest BCUT2D eigenvalue weighted by Gasteiger charge is -2.06. The second-order valence-electron chi connectivity index (χ2n) is 6.27. The van der Waals surface area contributed by atoms with Gasteiger partial charge in [-0.2, -0.15) is 5.10 Å². The maximum atomic E-state index is 12.4. The van der Waals surface area contributed by atoms with Crippen LogP contribution in [0.15, 0.2) is 60.7 Å². The van der Waals surface area contributed by atoms with E-state index in [1.165, 1.54) is 0 Å². The Balaban J connectivity index is 1.62. The van der Waals surface area contributed by atoms with Gasteiger partial charge < -0.3 is 10.1 Å². The predicted octanol–water partition coefficient (Wildman–Crippen LogP) is 4.01. The molecule has 0 saturated carbocycles. The Kier molecular flexibility index (Phi) is 4.70. The molecule has 1 amide bonds. The molecule has 27 heavy (non-hydrogen) atoms. The van der Waals surface area contributed by atoms with Crippen LogP contribution in [0.3, 0.4) is 0 Å². The summed E-state index contributed by atoms with van der Waals surface area (Å²) in [7, 11) is 0. The zero-order chi connectivity index (χ0) is 18.6. The van der Waals surface area contributed by atoms with Crippen molar-refractivity contribution in [1.82, 2.24) is 14.8 Å². The normalized spacial score (nSPS) is 11.0. The van der Waals surface area contributed by atoms with Gasteiger partial charge in [-0.05, 0) is 30.7 Å². The first-order chi connectivity index (χ1) is 13.2. The summed E-state index contributed by atoms with van der Waals surface area (Å²) in [5.41, 5.74) is 1.68. The molecule has 2 aromatic heterocycles. The standard InChI is InChI=1S/C21H20N4O2/c1-2-12-25-21-17(13-15-8-6-7-11-18(15)22-21)20(24-25)23-19(26)14-27-16-9-4-3-5-10-16/h3-11,13H,2,12,14H2,1H3,(H,23,24,26). The number of hydrogen-bond donors (Lipinski definition) is 1. The van der Waals surface area contributed by atoms with E-state index in [9.17, 15) is 4.79 Å². The Bertz CT molecular complexity index is 1090. The van der Waals surface area contributed by atoms with Gasteiger partial charge >= 0.3 is 0 Å². The number of anilines is 1. The van der Waals surface area contributed by atoms with Crippen LogP contribution in [0.1, 0.15) is 13.3 Å². The second kappa shape index (κ2) is 7.45. The van der Waals surface area contributed by atoms with Gasteiger partial charge in [-0.15, -0.1) is 0 Å². The topological polar surface area (TPSA) is 69.0 Å². The van der Waals surface area contributed by atoms with Gasteiger partial charge in [0, 0.05) is 11.9 Å². The third kappa shape index (κ3) is 3.60. The summed E-state index contributed by atoms with van der Waals surface area (Å²) in [5.74, 6) is 0.912. The molecule has 0 atom stereocenters. The smallest absolute Gasteiger partial charge is 0.263 e. The van der Waals surface area contributed by atoms with E-state index in [1.807, 2.05) is 65.3 Å². The van der Waals surface area contributed by atoms with Crippen LogP contribution in [-0.2, 0) is 11.3 Å². The molecule has 2 heterocycles. The summed E-state index contributed by atoms with van der Waals surface area (Å²) in [6.45, 7) is 2.74. The molecule has 2 aromatic carbocycles. The Hall–Kier alpha value is -3.41. The van der Waals surface area contributed by atoms with Crippen molar-refractivity contribution in [2.45, 2.75) is 19.9 Å². The summed E-state index contributed by atoms with van der Waals surface area (Å²) >= 11 is 0. The number of amides is 1. The summed E-state index contributed by atoms with van der Waals surface area (Å²) in [6, 6.07) is 19.2. The van der Waals surface area contributed by atoms with E-state index in [0.717, 1.165) is 34.9 Å². The van der Waals surface area contributed by atoms with Gasteiger partial charge in [0.15, 0.2) is 18.1 Å².